The number of alkyl halides is 3. The molecule has 5 nitrogen and oxygen atoms in total. The monoisotopic (exact) mass is 427 g/mol. The fraction of sp³-hybridized carbons (Fsp3) is 0.300. The molecule has 0 aliphatic carbocycles. The normalized spacial score (nSPS) is 12.0. The van der Waals surface area contributed by atoms with Gasteiger partial charge in [-0.3, -0.25) is 0 Å². The summed E-state index contributed by atoms with van der Waals surface area (Å²) in [6.07, 6.45) is -5.15. The van der Waals surface area contributed by atoms with Gasteiger partial charge in [-0.2, -0.15) is 18.4 Å². The lowest BCUT2D eigenvalue weighted by Crippen LogP contribution is -2.29. The summed E-state index contributed by atoms with van der Waals surface area (Å²) in [5.41, 5.74) is -0.752. The quantitative estimate of drug-likeness (QED) is 0.527. The van der Waals surface area contributed by atoms with Gasteiger partial charge in [0, 0.05) is 6.07 Å². The fourth-order valence-electron chi connectivity index (χ4n) is 2.33. The van der Waals surface area contributed by atoms with Crippen molar-refractivity contribution in [3.05, 3.63) is 52.5 Å². The zero-order valence-electron chi connectivity index (χ0n) is 15.5. The maximum absolute atomic E-state index is 12.8. The smallest absolute Gasteiger partial charge is 0.416 e. The third-order valence-electron chi connectivity index (χ3n) is 3.75. The van der Waals surface area contributed by atoms with E-state index in [9.17, 15) is 23.2 Å². The molecule has 0 amide bonds. The standard InChI is InChI=1S/C20H17ClF3NO4/c1-3-16(19(26)27-4-2)29-18-10-14(7-5-12(18)11-25)28-17-8-6-13(9-15(17)21)20(22,23)24/h5-10,16H,3-4H2,1-2H3. The van der Waals surface area contributed by atoms with E-state index in [-0.39, 0.29) is 34.4 Å². The highest BCUT2D eigenvalue weighted by Gasteiger charge is 2.31. The van der Waals surface area contributed by atoms with Crippen LogP contribution < -0.4 is 9.47 Å². The molecule has 0 aromatic heterocycles. The average molecular weight is 428 g/mol. The predicted molar refractivity (Wildman–Crippen MR) is 99.0 cm³/mol. The Balaban J connectivity index is 2.29. The van der Waals surface area contributed by atoms with Crippen molar-refractivity contribution >= 4 is 17.6 Å². The molecule has 0 bridgehead atoms. The highest BCUT2D eigenvalue weighted by atomic mass is 35.5. The largest absolute Gasteiger partial charge is 0.477 e. The van der Waals surface area contributed by atoms with E-state index in [1.165, 1.54) is 18.2 Å². The highest BCUT2D eigenvalue weighted by molar-refractivity contribution is 6.32. The van der Waals surface area contributed by atoms with Crippen LogP contribution in [0.2, 0.25) is 5.02 Å². The van der Waals surface area contributed by atoms with Crippen molar-refractivity contribution in [3.8, 4) is 23.3 Å². The van der Waals surface area contributed by atoms with Crippen molar-refractivity contribution in [3.63, 3.8) is 0 Å². The van der Waals surface area contributed by atoms with Gasteiger partial charge >= 0.3 is 12.1 Å². The van der Waals surface area contributed by atoms with Crippen molar-refractivity contribution in [2.24, 2.45) is 0 Å². The Kier molecular flexibility index (Phi) is 7.35. The molecule has 29 heavy (non-hydrogen) atoms. The average Bonchev–Trinajstić information content (AvgIpc) is 2.67. The molecule has 0 saturated carbocycles. The first-order chi connectivity index (χ1) is 13.7. The minimum Gasteiger partial charge on any atom is -0.477 e. The van der Waals surface area contributed by atoms with Gasteiger partial charge in [0.25, 0.3) is 0 Å². The van der Waals surface area contributed by atoms with Crippen LogP contribution in [0.15, 0.2) is 36.4 Å². The number of nitriles is 1. The number of carbonyl (C=O) groups excluding carboxylic acids is 1. The fourth-order valence-corrected chi connectivity index (χ4v) is 2.55. The molecule has 1 unspecified atom stereocenters. The molecule has 2 aromatic carbocycles. The number of esters is 1. The molecule has 0 N–H and O–H groups in total. The molecule has 0 fully saturated rings. The second-order valence-electron chi connectivity index (χ2n) is 5.78. The van der Waals surface area contributed by atoms with Crippen LogP contribution in [0.4, 0.5) is 13.2 Å². The van der Waals surface area contributed by atoms with Crippen LogP contribution in [0.5, 0.6) is 17.2 Å². The Labute approximate surface area is 170 Å². The molecule has 1 atom stereocenters. The Morgan fingerprint density at radius 3 is 2.45 bits per heavy atom. The van der Waals surface area contributed by atoms with Gasteiger partial charge in [-0.05, 0) is 43.7 Å². The number of carbonyl (C=O) groups is 1. The van der Waals surface area contributed by atoms with Crippen molar-refractivity contribution in [2.45, 2.75) is 32.5 Å². The zero-order chi connectivity index (χ0) is 21.6. The van der Waals surface area contributed by atoms with Gasteiger partial charge in [-0.25, -0.2) is 4.79 Å². The summed E-state index contributed by atoms with van der Waals surface area (Å²) < 4.78 is 54.3. The van der Waals surface area contributed by atoms with Gasteiger partial charge in [0.2, 0.25) is 0 Å². The third-order valence-corrected chi connectivity index (χ3v) is 4.05. The van der Waals surface area contributed by atoms with Crippen LogP contribution in [-0.4, -0.2) is 18.7 Å². The Bertz CT molecular complexity index is 925. The van der Waals surface area contributed by atoms with Gasteiger partial charge in [0.1, 0.15) is 23.3 Å². The zero-order valence-corrected chi connectivity index (χ0v) is 16.3. The minimum atomic E-state index is -4.53. The molecule has 2 rings (SSSR count). The van der Waals surface area contributed by atoms with E-state index in [4.69, 9.17) is 25.8 Å². The van der Waals surface area contributed by atoms with Crippen LogP contribution in [-0.2, 0) is 15.7 Å². The number of halogens is 4. The van der Waals surface area contributed by atoms with Crippen molar-refractivity contribution in [1.29, 1.82) is 5.26 Å². The Morgan fingerprint density at radius 1 is 1.17 bits per heavy atom. The molecule has 9 heteroatoms. The summed E-state index contributed by atoms with van der Waals surface area (Å²) in [7, 11) is 0. The van der Waals surface area contributed by atoms with Crippen molar-refractivity contribution in [2.75, 3.05) is 6.61 Å². The number of nitrogens with zero attached hydrogens (tertiary/aromatic N) is 1. The van der Waals surface area contributed by atoms with Crippen molar-refractivity contribution in [1.82, 2.24) is 0 Å². The van der Waals surface area contributed by atoms with Gasteiger partial charge in [-0.1, -0.05) is 18.5 Å². The summed E-state index contributed by atoms with van der Waals surface area (Å²) in [6.45, 7) is 3.56. The lowest BCUT2D eigenvalue weighted by atomic mass is 10.2. The van der Waals surface area contributed by atoms with E-state index < -0.39 is 23.8 Å². The molecule has 0 saturated heterocycles. The summed E-state index contributed by atoms with van der Waals surface area (Å²) in [6, 6.07) is 8.83. The molecule has 154 valence electrons. The predicted octanol–water partition coefficient (Wildman–Crippen LogP) is 5.74. The molecular formula is C20H17ClF3NO4. The summed E-state index contributed by atoms with van der Waals surface area (Å²) in [5, 5.41) is 9.03. The number of ether oxygens (including phenoxy) is 3. The second-order valence-corrected chi connectivity index (χ2v) is 6.19. The number of hydrogen-bond donors (Lipinski definition) is 0. The van der Waals surface area contributed by atoms with Gasteiger partial charge < -0.3 is 14.2 Å². The maximum Gasteiger partial charge on any atom is 0.416 e. The van der Waals surface area contributed by atoms with E-state index in [0.717, 1.165) is 18.2 Å². The van der Waals surface area contributed by atoms with Crippen LogP contribution in [0, 0.1) is 11.3 Å². The lowest BCUT2D eigenvalue weighted by Gasteiger charge is -2.18. The number of hydrogen-bond acceptors (Lipinski definition) is 5. The topological polar surface area (TPSA) is 68.6 Å². The van der Waals surface area contributed by atoms with Crippen LogP contribution >= 0.6 is 11.6 Å². The lowest BCUT2D eigenvalue weighted by molar-refractivity contribution is -0.151. The SMILES string of the molecule is CCOC(=O)C(CC)Oc1cc(Oc2ccc(C(F)(F)F)cc2Cl)ccc1C#N. The van der Waals surface area contributed by atoms with E-state index in [2.05, 4.69) is 0 Å². The van der Waals surface area contributed by atoms with E-state index in [1.54, 1.807) is 13.8 Å². The highest BCUT2D eigenvalue weighted by Crippen LogP contribution is 2.37. The number of benzene rings is 2. The van der Waals surface area contributed by atoms with Gasteiger partial charge in [0.15, 0.2) is 6.10 Å². The molecule has 0 spiro atoms. The van der Waals surface area contributed by atoms with Crippen LogP contribution in [0.3, 0.4) is 0 Å². The van der Waals surface area contributed by atoms with E-state index >= 15 is 0 Å². The summed E-state index contributed by atoms with van der Waals surface area (Å²) in [5.74, 6) is -0.337. The van der Waals surface area contributed by atoms with Crippen LogP contribution in [0.1, 0.15) is 31.4 Å². The van der Waals surface area contributed by atoms with Crippen molar-refractivity contribution < 1.29 is 32.2 Å². The van der Waals surface area contributed by atoms with E-state index in [0.29, 0.717) is 6.42 Å². The maximum atomic E-state index is 12.8. The molecule has 0 aliphatic heterocycles. The Hall–Kier alpha value is -2.92. The summed E-state index contributed by atoms with van der Waals surface area (Å²) in [4.78, 5) is 11.9. The first kappa shape index (κ1) is 22.4. The van der Waals surface area contributed by atoms with E-state index in [1.807, 2.05) is 6.07 Å². The Morgan fingerprint density at radius 2 is 1.90 bits per heavy atom. The first-order valence-corrected chi connectivity index (χ1v) is 8.99. The molecule has 0 heterocycles. The first-order valence-electron chi connectivity index (χ1n) is 8.61. The van der Waals surface area contributed by atoms with Crippen LogP contribution in [0.25, 0.3) is 0 Å². The molecule has 0 aliphatic rings. The van der Waals surface area contributed by atoms with Gasteiger partial charge in [-0.15, -0.1) is 0 Å². The summed E-state index contributed by atoms with van der Waals surface area (Å²) >= 11 is 5.90. The third kappa shape index (κ3) is 5.78. The number of rotatable bonds is 7. The molecular weight excluding hydrogens is 411 g/mol. The van der Waals surface area contributed by atoms with Gasteiger partial charge in [0.05, 0.1) is 22.8 Å². The molecule has 0 radical (unpaired) electrons. The minimum absolute atomic E-state index is 0.00671. The molecule has 2 aromatic rings. The second kappa shape index (κ2) is 9.52.